The molecular formula is C19H25N3O4. The van der Waals surface area contributed by atoms with Gasteiger partial charge in [-0.1, -0.05) is 38.1 Å². The number of urea groups is 1. The van der Waals surface area contributed by atoms with E-state index in [0.29, 0.717) is 37.8 Å². The van der Waals surface area contributed by atoms with E-state index in [2.05, 4.69) is 19.2 Å². The third-order valence-corrected chi connectivity index (χ3v) is 5.09. The predicted molar refractivity (Wildman–Crippen MR) is 95.5 cm³/mol. The van der Waals surface area contributed by atoms with Crippen LogP contribution in [-0.2, 0) is 19.9 Å². The van der Waals surface area contributed by atoms with E-state index in [1.54, 1.807) is 11.8 Å². The Hall–Kier alpha value is -2.41. The molecule has 7 heteroatoms. The van der Waals surface area contributed by atoms with Gasteiger partial charge in [-0.25, -0.2) is 4.79 Å². The summed E-state index contributed by atoms with van der Waals surface area (Å²) in [5.74, 6) is -0.258. The fraction of sp³-hybridized carbons (Fsp3) is 0.526. The minimum Gasteiger partial charge on any atom is -0.378 e. The van der Waals surface area contributed by atoms with Gasteiger partial charge < -0.3 is 15.0 Å². The van der Waals surface area contributed by atoms with Crippen LogP contribution in [0.1, 0.15) is 37.8 Å². The van der Waals surface area contributed by atoms with Crippen molar-refractivity contribution in [3.8, 4) is 0 Å². The van der Waals surface area contributed by atoms with Gasteiger partial charge in [0.1, 0.15) is 12.1 Å². The minimum absolute atomic E-state index is 0.240. The molecule has 0 saturated carbocycles. The van der Waals surface area contributed by atoms with Crippen molar-refractivity contribution in [3.05, 3.63) is 35.4 Å². The molecule has 26 heavy (non-hydrogen) atoms. The molecule has 1 N–H and O–H groups in total. The van der Waals surface area contributed by atoms with Gasteiger partial charge >= 0.3 is 6.03 Å². The Kier molecular flexibility index (Phi) is 5.00. The maximum absolute atomic E-state index is 12.9. The normalized spacial score (nSPS) is 23.5. The summed E-state index contributed by atoms with van der Waals surface area (Å²) in [6.07, 6.45) is 0. The third-order valence-electron chi connectivity index (χ3n) is 5.09. The second-order valence-electron chi connectivity index (χ2n) is 7.22. The summed E-state index contributed by atoms with van der Waals surface area (Å²) in [7, 11) is 0. The molecule has 0 aliphatic carbocycles. The lowest BCUT2D eigenvalue weighted by molar-refractivity contribution is -0.141. The topological polar surface area (TPSA) is 79.0 Å². The van der Waals surface area contributed by atoms with Crippen LogP contribution in [0.15, 0.2) is 24.3 Å². The van der Waals surface area contributed by atoms with Gasteiger partial charge in [-0.05, 0) is 24.0 Å². The number of rotatable bonds is 4. The highest BCUT2D eigenvalue weighted by Gasteiger charge is 2.49. The van der Waals surface area contributed by atoms with Gasteiger partial charge in [0, 0.05) is 13.1 Å². The fourth-order valence-electron chi connectivity index (χ4n) is 3.29. The Balaban J connectivity index is 1.75. The third kappa shape index (κ3) is 3.31. The number of ether oxygens (including phenoxy) is 1. The first-order valence-electron chi connectivity index (χ1n) is 8.93. The Labute approximate surface area is 153 Å². The number of hydrogen-bond acceptors (Lipinski definition) is 4. The zero-order chi connectivity index (χ0) is 18.9. The van der Waals surface area contributed by atoms with Crippen LogP contribution in [0.2, 0.25) is 0 Å². The highest BCUT2D eigenvalue weighted by atomic mass is 16.5. The maximum Gasteiger partial charge on any atom is 0.325 e. The molecule has 2 saturated heterocycles. The van der Waals surface area contributed by atoms with Gasteiger partial charge in [0.2, 0.25) is 5.91 Å². The Morgan fingerprint density at radius 2 is 1.81 bits per heavy atom. The lowest BCUT2D eigenvalue weighted by Crippen LogP contribution is -2.47. The SMILES string of the molecule is CC(C)c1ccc([C@@]2(C)NC(=O)N(CC(=O)N3CCOCC3)C2=O)cc1. The molecule has 0 bridgehead atoms. The van der Waals surface area contributed by atoms with E-state index in [-0.39, 0.29) is 12.5 Å². The second-order valence-corrected chi connectivity index (χ2v) is 7.22. The number of benzene rings is 1. The molecule has 2 fully saturated rings. The molecule has 7 nitrogen and oxygen atoms in total. The Morgan fingerprint density at radius 1 is 1.19 bits per heavy atom. The number of nitrogens with zero attached hydrogens (tertiary/aromatic N) is 2. The zero-order valence-electron chi connectivity index (χ0n) is 15.4. The van der Waals surface area contributed by atoms with E-state index in [4.69, 9.17) is 4.74 Å². The van der Waals surface area contributed by atoms with Crippen LogP contribution in [0.3, 0.4) is 0 Å². The summed E-state index contributed by atoms with van der Waals surface area (Å²) in [4.78, 5) is 40.3. The first-order valence-corrected chi connectivity index (χ1v) is 8.93. The first kappa shape index (κ1) is 18.4. The maximum atomic E-state index is 12.9. The molecule has 2 aliphatic heterocycles. The summed E-state index contributed by atoms with van der Waals surface area (Å²) in [6, 6.07) is 7.12. The van der Waals surface area contributed by atoms with Crippen LogP contribution >= 0.6 is 0 Å². The highest BCUT2D eigenvalue weighted by molar-refractivity contribution is 6.09. The minimum atomic E-state index is -1.15. The van der Waals surface area contributed by atoms with Crippen molar-refractivity contribution in [2.24, 2.45) is 0 Å². The van der Waals surface area contributed by atoms with E-state index in [9.17, 15) is 14.4 Å². The molecule has 0 spiro atoms. The molecule has 0 radical (unpaired) electrons. The van der Waals surface area contributed by atoms with Gasteiger partial charge in [0.15, 0.2) is 0 Å². The average Bonchev–Trinajstić information content (AvgIpc) is 2.86. The average molecular weight is 359 g/mol. The van der Waals surface area contributed by atoms with Crippen molar-refractivity contribution in [2.45, 2.75) is 32.2 Å². The molecule has 1 atom stereocenters. The lowest BCUT2D eigenvalue weighted by Gasteiger charge is -2.28. The van der Waals surface area contributed by atoms with Gasteiger partial charge in [-0.3, -0.25) is 14.5 Å². The van der Waals surface area contributed by atoms with Gasteiger partial charge in [0.05, 0.1) is 13.2 Å². The van der Waals surface area contributed by atoms with Crippen molar-refractivity contribution in [3.63, 3.8) is 0 Å². The molecule has 2 aliphatic rings. The quantitative estimate of drug-likeness (QED) is 0.825. The highest BCUT2D eigenvalue weighted by Crippen LogP contribution is 2.30. The molecule has 2 heterocycles. The first-order chi connectivity index (χ1) is 12.3. The molecule has 1 aromatic rings. The van der Waals surface area contributed by atoms with E-state index >= 15 is 0 Å². The van der Waals surface area contributed by atoms with E-state index < -0.39 is 17.5 Å². The summed E-state index contributed by atoms with van der Waals surface area (Å²) < 4.78 is 5.23. The molecule has 0 unspecified atom stereocenters. The molecule has 140 valence electrons. The van der Waals surface area contributed by atoms with Crippen LogP contribution in [0, 0.1) is 0 Å². The summed E-state index contributed by atoms with van der Waals surface area (Å²) in [5.41, 5.74) is 0.716. The van der Waals surface area contributed by atoms with Crippen molar-refractivity contribution < 1.29 is 19.1 Å². The second kappa shape index (κ2) is 7.07. The number of imide groups is 1. The van der Waals surface area contributed by atoms with Gasteiger partial charge in [0.25, 0.3) is 5.91 Å². The standard InChI is InChI=1S/C19H25N3O4/c1-13(2)14-4-6-15(7-5-14)19(3)17(24)22(18(25)20-19)12-16(23)21-8-10-26-11-9-21/h4-7,13H,8-12H2,1-3H3,(H,20,25)/t19-/m1/s1. The summed E-state index contributed by atoms with van der Waals surface area (Å²) in [5, 5.41) is 2.75. The van der Waals surface area contributed by atoms with Crippen molar-refractivity contribution in [2.75, 3.05) is 32.8 Å². The number of hydrogen-bond donors (Lipinski definition) is 1. The predicted octanol–water partition coefficient (Wildman–Crippen LogP) is 1.44. The fourth-order valence-corrected chi connectivity index (χ4v) is 3.29. The van der Waals surface area contributed by atoms with Crippen molar-refractivity contribution in [1.82, 2.24) is 15.1 Å². The van der Waals surface area contributed by atoms with Crippen molar-refractivity contribution >= 4 is 17.8 Å². The monoisotopic (exact) mass is 359 g/mol. The van der Waals surface area contributed by atoms with Crippen LogP contribution in [0.25, 0.3) is 0 Å². The number of amides is 4. The van der Waals surface area contributed by atoms with E-state index in [0.717, 1.165) is 10.5 Å². The molecule has 4 amide bonds. The molecule has 0 aromatic heterocycles. The van der Waals surface area contributed by atoms with Crippen LogP contribution in [0.5, 0.6) is 0 Å². The van der Waals surface area contributed by atoms with Crippen molar-refractivity contribution in [1.29, 1.82) is 0 Å². The largest absolute Gasteiger partial charge is 0.378 e. The molecule has 1 aromatic carbocycles. The van der Waals surface area contributed by atoms with Gasteiger partial charge in [-0.2, -0.15) is 0 Å². The number of nitrogens with one attached hydrogen (secondary N) is 1. The van der Waals surface area contributed by atoms with Gasteiger partial charge in [-0.15, -0.1) is 0 Å². The number of morpholine rings is 1. The number of carbonyl (C=O) groups excluding carboxylic acids is 3. The molecule has 3 rings (SSSR count). The van der Waals surface area contributed by atoms with Crippen LogP contribution < -0.4 is 5.32 Å². The van der Waals surface area contributed by atoms with E-state index in [1.165, 1.54) is 0 Å². The zero-order valence-corrected chi connectivity index (χ0v) is 15.4. The Bertz CT molecular complexity index is 710. The summed E-state index contributed by atoms with van der Waals surface area (Å²) in [6.45, 7) is 7.54. The Morgan fingerprint density at radius 3 is 2.38 bits per heavy atom. The lowest BCUT2D eigenvalue weighted by atomic mass is 9.90. The number of carbonyl (C=O) groups is 3. The van der Waals surface area contributed by atoms with Crippen LogP contribution in [-0.4, -0.2) is 60.5 Å². The van der Waals surface area contributed by atoms with Crippen LogP contribution in [0.4, 0.5) is 4.79 Å². The molecular weight excluding hydrogens is 334 g/mol. The smallest absolute Gasteiger partial charge is 0.325 e. The summed E-state index contributed by atoms with van der Waals surface area (Å²) >= 11 is 0. The van der Waals surface area contributed by atoms with E-state index in [1.807, 2.05) is 24.3 Å².